The van der Waals surface area contributed by atoms with Gasteiger partial charge < -0.3 is 30.8 Å². The molecule has 2 aromatic rings. The Morgan fingerprint density at radius 2 is 1.88 bits per heavy atom. The number of ether oxygens (including phenoxy) is 2. The first-order valence-electron chi connectivity index (χ1n) is 13.3. The molecule has 0 radical (unpaired) electrons. The van der Waals surface area contributed by atoms with Crippen LogP contribution in [-0.4, -0.2) is 78.3 Å². The van der Waals surface area contributed by atoms with Crippen molar-refractivity contribution in [2.45, 2.75) is 53.5 Å². The number of aryl methyl sites for hydroxylation is 1. The molecule has 226 valence electrons. The number of carbonyl (C=O) groups is 5. The molecule has 1 aromatic carbocycles. The Morgan fingerprint density at radius 1 is 1.14 bits per heavy atom. The maximum Gasteiger partial charge on any atom is 0.419 e. The number of hydrogen-bond donors (Lipinski definition) is 4. The van der Waals surface area contributed by atoms with Gasteiger partial charge in [0.1, 0.15) is 6.04 Å². The van der Waals surface area contributed by atoms with Crippen molar-refractivity contribution in [3.05, 3.63) is 52.3 Å². The van der Waals surface area contributed by atoms with Crippen LogP contribution in [0.2, 0.25) is 0 Å². The third kappa shape index (κ3) is 8.74. The van der Waals surface area contributed by atoms with Gasteiger partial charge in [0.2, 0.25) is 13.2 Å². The Bertz CT molecular complexity index is 1350. The molecule has 1 aromatic heterocycles. The lowest BCUT2D eigenvalue weighted by atomic mass is 10.1. The molecule has 0 saturated carbocycles. The molecule has 0 aliphatic carbocycles. The fourth-order valence-corrected chi connectivity index (χ4v) is 3.65. The van der Waals surface area contributed by atoms with Crippen molar-refractivity contribution >= 4 is 48.1 Å². The van der Waals surface area contributed by atoms with Crippen molar-refractivity contribution in [3.8, 4) is 0 Å². The summed E-state index contributed by atoms with van der Waals surface area (Å²) in [6.45, 7) is 8.44. The molecular weight excluding hydrogens is 546 g/mol. The van der Waals surface area contributed by atoms with Gasteiger partial charge in [0.05, 0.1) is 23.3 Å². The Morgan fingerprint density at radius 3 is 2.52 bits per heavy atom. The molecule has 5 N–H and O–H groups in total. The molecule has 0 saturated heterocycles. The van der Waals surface area contributed by atoms with Crippen LogP contribution in [0.4, 0.5) is 10.5 Å². The second-order valence-corrected chi connectivity index (χ2v) is 9.13. The highest BCUT2D eigenvalue weighted by Crippen LogP contribution is 2.24. The monoisotopic (exact) mass is 583 g/mol. The number of imide groups is 1. The maximum atomic E-state index is 13.4. The largest absolute Gasteiger partial charge is 0.426 e. The molecule has 0 fully saturated rings. The molecule has 0 aliphatic rings. The first kappa shape index (κ1) is 33.2. The second kappa shape index (κ2) is 16.3. The normalized spacial score (nSPS) is 12.0. The Kier molecular flexibility index (Phi) is 12.9. The average Bonchev–Trinajstić information content (AvgIpc) is 3.35. The van der Waals surface area contributed by atoms with Crippen LogP contribution in [0, 0.1) is 13.8 Å². The third-order valence-electron chi connectivity index (χ3n) is 5.99. The van der Waals surface area contributed by atoms with Crippen LogP contribution in [0.3, 0.4) is 0 Å². The van der Waals surface area contributed by atoms with Crippen LogP contribution in [0.25, 0.3) is 0 Å². The van der Waals surface area contributed by atoms with Crippen molar-refractivity contribution in [2.75, 3.05) is 19.9 Å². The highest BCUT2D eigenvalue weighted by atomic mass is 16.7. The summed E-state index contributed by atoms with van der Waals surface area (Å²) in [5, 5.41) is 5.04. The minimum atomic E-state index is -1.02. The quantitative estimate of drug-likeness (QED) is 0.0906. The van der Waals surface area contributed by atoms with Crippen molar-refractivity contribution in [1.82, 2.24) is 20.5 Å². The number of aromatic amines is 1. The lowest BCUT2D eigenvalue weighted by molar-refractivity contribution is -0.154. The first-order chi connectivity index (χ1) is 20.1. The Hall–Kier alpha value is -5.01. The van der Waals surface area contributed by atoms with E-state index in [2.05, 4.69) is 25.6 Å². The van der Waals surface area contributed by atoms with E-state index in [9.17, 15) is 24.0 Å². The summed E-state index contributed by atoms with van der Waals surface area (Å²) < 4.78 is 9.80. The fraction of sp³-hybridized carbons (Fsp3) is 0.393. The molecule has 0 bridgehead atoms. The molecule has 14 heteroatoms. The number of carbonyl (C=O) groups excluding carboxylic acids is 5. The minimum absolute atomic E-state index is 0.0304. The fourth-order valence-electron chi connectivity index (χ4n) is 3.65. The van der Waals surface area contributed by atoms with Crippen molar-refractivity contribution in [3.63, 3.8) is 0 Å². The predicted octanol–water partition coefficient (Wildman–Crippen LogP) is 2.46. The van der Waals surface area contributed by atoms with E-state index in [0.717, 1.165) is 23.2 Å². The van der Waals surface area contributed by atoms with E-state index in [1.165, 1.54) is 13.1 Å². The van der Waals surface area contributed by atoms with Gasteiger partial charge in [-0.05, 0) is 56.9 Å². The van der Waals surface area contributed by atoms with E-state index < -0.39 is 30.8 Å². The van der Waals surface area contributed by atoms with Crippen molar-refractivity contribution < 1.29 is 33.4 Å². The number of hydrogen-bond acceptors (Lipinski definition) is 8. The van der Waals surface area contributed by atoms with Crippen molar-refractivity contribution in [1.29, 1.82) is 0 Å². The van der Waals surface area contributed by atoms with Gasteiger partial charge in [0, 0.05) is 24.8 Å². The van der Waals surface area contributed by atoms with Gasteiger partial charge in [0.15, 0.2) is 5.84 Å². The van der Waals surface area contributed by atoms with Gasteiger partial charge in [-0.2, -0.15) is 0 Å². The van der Waals surface area contributed by atoms with Crippen LogP contribution in [0.5, 0.6) is 0 Å². The van der Waals surface area contributed by atoms with E-state index in [0.29, 0.717) is 41.9 Å². The SMILES string of the molecule is CCCNC(=O)c1ccc(C)c(N=C(N=CN)c2[nH]cc(C(=O)N(CCC)C(=O)OCOC(=O)C(C)NC=O)c2C)c1. The third-order valence-corrected chi connectivity index (χ3v) is 5.99. The minimum Gasteiger partial charge on any atom is -0.426 e. The molecular formula is C28H37N7O7. The first-order valence-corrected chi connectivity index (χ1v) is 13.3. The molecule has 42 heavy (non-hydrogen) atoms. The molecule has 2 rings (SSSR count). The lowest BCUT2D eigenvalue weighted by Gasteiger charge is -2.20. The number of nitrogens with zero attached hydrogens (tertiary/aromatic N) is 3. The maximum absolute atomic E-state index is 13.4. The molecule has 0 spiro atoms. The van der Waals surface area contributed by atoms with E-state index in [1.807, 2.05) is 13.8 Å². The highest BCUT2D eigenvalue weighted by Gasteiger charge is 2.28. The van der Waals surface area contributed by atoms with Crippen LogP contribution < -0.4 is 16.4 Å². The molecule has 1 heterocycles. The van der Waals surface area contributed by atoms with Gasteiger partial charge in [-0.3, -0.25) is 14.4 Å². The number of nitrogens with one attached hydrogen (secondary N) is 3. The van der Waals surface area contributed by atoms with Crippen LogP contribution in [0.1, 0.15) is 71.1 Å². The summed E-state index contributed by atoms with van der Waals surface area (Å²) >= 11 is 0. The zero-order valence-electron chi connectivity index (χ0n) is 24.4. The summed E-state index contributed by atoms with van der Waals surface area (Å²) in [6, 6.07) is 4.17. The average molecular weight is 584 g/mol. The highest BCUT2D eigenvalue weighted by molar-refractivity contribution is 6.09. The van der Waals surface area contributed by atoms with Gasteiger partial charge >= 0.3 is 12.1 Å². The zero-order valence-corrected chi connectivity index (χ0v) is 24.4. The number of amidine groups is 1. The number of nitrogens with two attached hydrogens (primary N) is 1. The number of aromatic nitrogens is 1. The molecule has 4 amide bonds. The van der Waals surface area contributed by atoms with Crippen molar-refractivity contribution in [2.24, 2.45) is 15.7 Å². The summed E-state index contributed by atoms with van der Waals surface area (Å²) in [5.74, 6) is -1.56. The second-order valence-electron chi connectivity index (χ2n) is 9.13. The number of H-pyrrole nitrogens is 1. The van der Waals surface area contributed by atoms with E-state index in [1.54, 1.807) is 32.0 Å². The number of benzene rings is 1. The predicted molar refractivity (Wildman–Crippen MR) is 156 cm³/mol. The molecule has 1 unspecified atom stereocenters. The van der Waals surface area contributed by atoms with E-state index in [-0.39, 0.29) is 23.9 Å². The lowest BCUT2D eigenvalue weighted by Crippen LogP contribution is -2.39. The molecule has 0 aliphatic heterocycles. The van der Waals surface area contributed by atoms with Crippen LogP contribution >= 0.6 is 0 Å². The van der Waals surface area contributed by atoms with E-state index in [4.69, 9.17) is 15.2 Å². The number of aliphatic imine (C=N–C) groups is 2. The van der Waals surface area contributed by atoms with Crippen LogP contribution in [-0.2, 0) is 19.1 Å². The molecule has 14 nitrogen and oxygen atoms in total. The smallest absolute Gasteiger partial charge is 0.419 e. The topological polar surface area (TPSA) is 198 Å². The van der Waals surface area contributed by atoms with Crippen LogP contribution in [0.15, 0.2) is 34.4 Å². The van der Waals surface area contributed by atoms with E-state index >= 15 is 0 Å². The van der Waals surface area contributed by atoms with Gasteiger partial charge in [-0.15, -0.1) is 0 Å². The summed E-state index contributed by atoms with van der Waals surface area (Å²) in [7, 11) is 0. The summed E-state index contributed by atoms with van der Waals surface area (Å²) in [5.41, 5.74) is 8.24. The standard InChI is InChI=1S/C28H37N7O7/c1-6-10-30-25(37)20-9-8-17(3)22(12-20)34-24(32-14-29)23-18(4)21(13-31-23)26(38)35(11-7-2)28(40)42-16-41-27(39)19(5)33-15-36/h8-9,12-15,19,31H,6-7,10-11,16H2,1-5H3,(H,30,37)(H,33,36)(H2,29,32,34). The number of rotatable bonds is 13. The zero-order chi connectivity index (χ0) is 31.2. The molecule has 1 atom stereocenters. The Balaban J connectivity index is 2.32. The van der Waals surface area contributed by atoms with Gasteiger partial charge in [0.25, 0.3) is 11.8 Å². The van der Waals surface area contributed by atoms with Gasteiger partial charge in [-0.1, -0.05) is 19.9 Å². The number of amides is 4. The summed E-state index contributed by atoms with van der Waals surface area (Å²) in [4.78, 5) is 73.5. The summed E-state index contributed by atoms with van der Waals surface area (Å²) in [6.07, 6.45) is 3.03. The number of esters is 1. The van der Waals surface area contributed by atoms with Gasteiger partial charge in [-0.25, -0.2) is 24.5 Å². The Labute approximate surface area is 243 Å².